The lowest BCUT2D eigenvalue weighted by Gasteiger charge is -2.17. The molecule has 0 saturated carbocycles. The second-order valence-corrected chi connectivity index (χ2v) is 5.94. The Labute approximate surface area is 129 Å². The number of hydrogen-bond donors (Lipinski definition) is 1. The van der Waals surface area contributed by atoms with Crippen molar-refractivity contribution in [2.24, 2.45) is 0 Å². The van der Waals surface area contributed by atoms with E-state index in [1.165, 1.54) is 11.1 Å². The molecule has 0 unspecified atom stereocenters. The van der Waals surface area contributed by atoms with Gasteiger partial charge in [-0.25, -0.2) is 0 Å². The highest BCUT2D eigenvalue weighted by Crippen LogP contribution is 2.11. The van der Waals surface area contributed by atoms with Gasteiger partial charge in [0.25, 0.3) is 0 Å². The van der Waals surface area contributed by atoms with Crippen molar-refractivity contribution in [3.63, 3.8) is 0 Å². The number of nitrogens with zero attached hydrogens (tertiary/aromatic N) is 1. The SMILES string of the molecule is CN(CCNCc1ccccc1)Cc1ccc(Br)cc1. The quantitative estimate of drug-likeness (QED) is 0.778. The maximum absolute atomic E-state index is 3.48. The lowest BCUT2D eigenvalue weighted by Crippen LogP contribution is -2.28. The molecule has 20 heavy (non-hydrogen) atoms. The van der Waals surface area contributed by atoms with Gasteiger partial charge in [-0.05, 0) is 30.3 Å². The predicted octanol–water partition coefficient (Wildman–Crippen LogP) is 3.67. The van der Waals surface area contributed by atoms with Crippen molar-refractivity contribution in [1.29, 1.82) is 0 Å². The largest absolute Gasteiger partial charge is 0.311 e. The van der Waals surface area contributed by atoms with Gasteiger partial charge >= 0.3 is 0 Å². The van der Waals surface area contributed by atoms with E-state index in [9.17, 15) is 0 Å². The predicted molar refractivity (Wildman–Crippen MR) is 88.6 cm³/mol. The second kappa shape index (κ2) is 8.20. The zero-order valence-corrected chi connectivity index (χ0v) is 13.4. The van der Waals surface area contributed by atoms with Crippen molar-refractivity contribution in [3.8, 4) is 0 Å². The van der Waals surface area contributed by atoms with E-state index >= 15 is 0 Å². The molecule has 0 atom stereocenters. The van der Waals surface area contributed by atoms with Gasteiger partial charge in [0.15, 0.2) is 0 Å². The van der Waals surface area contributed by atoms with E-state index < -0.39 is 0 Å². The van der Waals surface area contributed by atoms with Gasteiger partial charge in [0, 0.05) is 30.7 Å². The van der Waals surface area contributed by atoms with E-state index in [0.29, 0.717) is 0 Å². The van der Waals surface area contributed by atoms with Crippen molar-refractivity contribution in [1.82, 2.24) is 10.2 Å². The molecule has 0 amide bonds. The topological polar surface area (TPSA) is 15.3 Å². The van der Waals surface area contributed by atoms with E-state index in [-0.39, 0.29) is 0 Å². The Bertz CT molecular complexity index is 496. The van der Waals surface area contributed by atoms with E-state index in [4.69, 9.17) is 0 Å². The summed E-state index contributed by atoms with van der Waals surface area (Å²) in [6.07, 6.45) is 0. The molecule has 0 heterocycles. The van der Waals surface area contributed by atoms with Crippen LogP contribution in [0.1, 0.15) is 11.1 Å². The molecule has 0 spiro atoms. The molecule has 0 saturated heterocycles. The number of likely N-dealkylation sites (N-methyl/N-ethyl adjacent to an activating group) is 1. The Morgan fingerprint density at radius 2 is 1.65 bits per heavy atom. The van der Waals surface area contributed by atoms with Crippen LogP contribution < -0.4 is 5.32 Å². The average molecular weight is 333 g/mol. The zero-order valence-electron chi connectivity index (χ0n) is 11.8. The van der Waals surface area contributed by atoms with Crippen LogP contribution in [0.2, 0.25) is 0 Å². The fraction of sp³-hybridized carbons (Fsp3) is 0.294. The van der Waals surface area contributed by atoms with Crippen LogP contribution in [0.4, 0.5) is 0 Å². The standard InChI is InChI=1S/C17H21BrN2/c1-20(14-16-7-9-17(18)10-8-16)12-11-19-13-15-5-3-2-4-6-15/h2-10,19H,11-14H2,1H3. The monoisotopic (exact) mass is 332 g/mol. The number of nitrogens with one attached hydrogen (secondary N) is 1. The summed E-state index contributed by atoms with van der Waals surface area (Å²) in [7, 11) is 2.16. The molecule has 2 aromatic rings. The first-order chi connectivity index (χ1) is 9.74. The van der Waals surface area contributed by atoms with Gasteiger partial charge in [-0.3, -0.25) is 0 Å². The Balaban J connectivity index is 1.65. The molecule has 2 rings (SSSR count). The highest BCUT2D eigenvalue weighted by atomic mass is 79.9. The third-order valence-corrected chi connectivity index (χ3v) is 3.74. The first kappa shape index (κ1) is 15.2. The van der Waals surface area contributed by atoms with Crippen LogP contribution in [0.5, 0.6) is 0 Å². The van der Waals surface area contributed by atoms with Gasteiger partial charge in [0.2, 0.25) is 0 Å². The van der Waals surface area contributed by atoms with Gasteiger partial charge < -0.3 is 10.2 Å². The Morgan fingerprint density at radius 3 is 2.35 bits per heavy atom. The summed E-state index contributed by atoms with van der Waals surface area (Å²) in [4.78, 5) is 2.33. The minimum absolute atomic E-state index is 0.937. The van der Waals surface area contributed by atoms with Crippen LogP contribution >= 0.6 is 15.9 Å². The number of hydrogen-bond acceptors (Lipinski definition) is 2. The molecule has 106 valence electrons. The second-order valence-electron chi connectivity index (χ2n) is 5.03. The Hall–Kier alpha value is -1.16. The highest BCUT2D eigenvalue weighted by Gasteiger charge is 2.00. The zero-order chi connectivity index (χ0) is 14.2. The summed E-state index contributed by atoms with van der Waals surface area (Å²) in [6.45, 7) is 3.97. The molecular weight excluding hydrogens is 312 g/mol. The molecule has 0 aliphatic heterocycles. The van der Waals surface area contributed by atoms with Crippen molar-refractivity contribution < 1.29 is 0 Å². The fourth-order valence-corrected chi connectivity index (χ4v) is 2.34. The smallest absolute Gasteiger partial charge is 0.0231 e. The van der Waals surface area contributed by atoms with Gasteiger partial charge in [-0.15, -0.1) is 0 Å². The Kier molecular flexibility index (Phi) is 6.25. The van der Waals surface area contributed by atoms with Crippen LogP contribution in [0, 0.1) is 0 Å². The van der Waals surface area contributed by atoms with E-state index in [0.717, 1.165) is 30.7 Å². The molecule has 0 aliphatic carbocycles. The van der Waals surface area contributed by atoms with Crippen molar-refractivity contribution in [2.45, 2.75) is 13.1 Å². The lowest BCUT2D eigenvalue weighted by molar-refractivity contribution is 0.324. The Morgan fingerprint density at radius 1 is 0.950 bits per heavy atom. The van der Waals surface area contributed by atoms with Crippen molar-refractivity contribution >= 4 is 15.9 Å². The lowest BCUT2D eigenvalue weighted by atomic mass is 10.2. The van der Waals surface area contributed by atoms with E-state index in [1.807, 2.05) is 0 Å². The molecule has 0 bridgehead atoms. The van der Waals surface area contributed by atoms with Crippen LogP contribution in [0.3, 0.4) is 0 Å². The number of rotatable bonds is 7. The van der Waals surface area contributed by atoms with Crippen LogP contribution in [0.15, 0.2) is 59.1 Å². The maximum Gasteiger partial charge on any atom is 0.0231 e. The van der Waals surface area contributed by atoms with Gasteiger partial charge in [-0.2, -0.15) is 0 Å². The molecule has 0 fully saturated rings. The van der Waals surface area contributed by atoms with Gasteiger partial charge in [0.05, 0.1) is 0 Å². The molecule has 2 nitrogen and oxygen atoms in total. The fourth-order valence-electron chi connectivity index (χ4n) is 2.08. The summed E-state index contributed by atoms with van der Waals surface area (Å²) in [5, 5.41) is 3.48. The first-order valence-electron chi connectivity index (χ1n) is 6.91. The third-order valence-electron chi connectivity index (χ3n) is 3.21. The van der Waals surface area contributed by atoms with Crippen molar-refractivity contribution in [2.75, 3.05) is 20.1 Å². The summed E-state index contributed by atoms with van der Waals surface area (Å²) >= 11 is 3.46. The third kappa shape index (κ3) is 5.45. The normalized spacial score (nSPS) is 10.9. The molecule has 2 aromatic carbocycles. The molecule has 0 radical (unpaired) electrons. The van der Waals surface area contributed by atoms with E-state index in [2.05, 4.69) is 87.8 Å². The summed E-state index contributed by atoms with van der Waals surface area (Å²) < 4.78 is 1.13. The van der Waals surface area contributed by atoms with Crippen LogP contribution in [-0.4, -0.2) is 25.0 Å². The van der Waals surface area contributed by atoms with Gasteiger partial charge in [-0.1, -0.05) is 58.4 Å². The summed E-state index contributed by atoms with van der Waals surface area (Å²) in [6, 6.07) is 19.0. The average Bonchev–Trinajstić information content (AvgIpc) is 2.47. The molecule has 3 heteroatoms. The van der Waals surface area contributed by atoms with Crippen LogP contribution in [-0.2, 0) is 13.1 Å². The number of benzene rings is 2. The molecule has 0 aromatic heterocycles. The number of halogens is 1. The van der Waals surface area contributed by atoms with Gasteiger partial charge in [0.1, 0.15) is 0 Å². The maximum atomic E-state index is 3.48. The minimum Gasteiger partial charge on any atom is -0.311 e. The molecule has 0 aliphatic rings. The molecular formula is C17H21BrN2. The highest BCUT2D eigenvalue weighted by molar-refractivity contribution is 9.10. The minimum atomic E-state index is 0.937. The summed E-state index contributed by atoms with van der Waals surface area (Å²) in [5.41, 5.74) is 2.68. The summed E-state index contributed by atoms with van der Waals surface area (Å²) in [5.74, 6) is 0. The molecule has 1 N–H and O–H groups in total. The van der Waals surface area contributed by atoms with Crippen molar-refractivity contribution in [3.05, 3.63) is 70.2 Å². The van der Waals surface area contributed by atoms with E-state index in [1.54, 1.807) is 0 Å². The van der Waals surface area contributed by atoms with Crippen LogP contribution in [0.25, 0.3) is 0 Å². The first-order valence-corrected chi connectivity index (χ1v) is 7.71.